The highest BCUT2D eigenvalue weighted by Gasteiger charge is 2.31. The molecule has 1 heterocycles. The second kappa shape index (κ2) is 10.1. The average Bonchev–Trinajstić information content (AvgIpc) is 3.10. The molecule has 1 aromatic heterocycles. The summed E-state index contributed by atoms with van der Waals surface area (Å²) < 4.78 is 32.9. The number of hydrogen-bond donors (Lipinski definition) is 4. The Kier molecular flexibility index (Phi) is 8.21. The number of halogens is 2. The number of rotatable bonds is 7. The van der Waals surface area contributed by atoms with Gasteiger partial charge < -0.3 is 25.1 Å². The number of amidine groups is 1. The molecule has 2 rings (SSSR count). The van der Waals surface area contributed by atoms with E-state index in [4.69, 9.17) is 30.5 Å². The van der Waals surface area contributed by atoms with Crippen molar-refractivity contribution >= 4 is 23.7 Å². The second-order valence-electron chi connectivity index (χ2n) is 6.23. The van der Waals surface area contributed by atoms with Crippen molar-refractivity contribution in [2.24, 2.45) is 11.7 Å². The molecule has 162 valence electrons. The van der Waals surface area contributed by atoms with E-state index in [1.54, 1.807) is 25.1 Å². The normalized spacial score (nSPS) is 11.6. The number of carbonyl (C=O) groups excluding carboxylic acids is 1. The molecule has 0 fully saturated rings. The summed E-state index contributed by atoms with van der Waals surface area (Å²) in [5, 5.41) is 23.6. The molecule has 1 aromatic carbocycles. The lowest BCUT2D eigenvalue weighted by Crippen LogP contribution is -2.22. The number of hydrogen-bond acceptors (Lipinski definition) is 6. The zero-order valence-electron chi connectivity index (χ0n) is 16.0. The highest BCUT2D eigenvalue weighted by Crippen LogP contribution is 2.17. The van der Waals surface area contributed by atoms with Crippen LogP contribution in [0.2, 0.25) is 0 Å². The van der Waals surface area contributed by atoms with Crippen LogP contribution in [0.3, 0.4) is 0 Å². The van der Waals surface area contributed by atoms with Gasteiger partial charge in [-0.15, -0.1) is 0 Å². The van der Waals surface area contributed by atoms with Gasteiger partial charge in [-0.2, -0.15) is 8.78 Å². The van der Waals surface area contributed by atoms with E-state index in [0.717, 1.165) is 0 Å². The number of nitrogens with two attached hydrogens (primary N) is 1. The van der Waals surface area contributed by atoms with Crippen LogP contribution in [0, 0.1) is 11.3 Å². The van der Waals surface area contributed by atoms with E-state index < -0.39 is 29.7 Å². The first-order chi connectivity index (χ1) is 13.8. The fourth-order valence-electron chi connectivity index (χ4n) is 1.85. The largest absolute Gasteiger partial charge is 0.481 e. The van der Waals surface area contributed by atoms with Crippen molar-refractivity contribution < 1.29 is 42.5 Å². The molecule has 0 aliphatic heterocycles. The first-order valence-electron chi connectivity index (χ1n) is 8.40. The van der Waals surface area contributed by atoms with Crippen molar-refractivity contribution in [2.45, 2.75) is 26.2 Å². The van der Waals surface area contributed by atoms with Crippen LogP contribution >= 0.6 is 0 Å². The highest BCUT2D eigenvalue weighted by atomic mass is 19.3. The van der Waals surface area contributed by atoms with Gasteiger partial charge in [0, 0.05) is 18.9 Å². The molecule has 2 aromatic rings. The molecule has 0 spiro atoms. The van der Waals surface area contributed by atoms with E-state index in [1.165, 1.54) is 18.2 Å². The van der Waals surface area contributed by atoms with Crippen molar-refractivity contribution in [3.63, 3.8) is 0 Å². The van der Waals surface area contributed by atoms with E-state index in [-0.39, 0.29) is 23.8 Å². The van der Waals surface area contributed by atoms with Gasteiger partial charge in [-0.3, -0.25) is 10.2 Å². The molecule has 0 radical (unpaired) electrons. The summed E-state index contributed by atoms with van der Waals surface area (Å²) in [5.74, 6) is -7.29. The van der Waals surface area contributed by atoms with E-state index in [2.05, 4.69) is 0 Å². The van der Waals surface area contributed by atoms with Crippen LogP contribution in [0.1, 0.15) is 35.7 Å². The van der Waals surface area contributed by atoms with Gasteiger partial charge in [0.1, 0.15) is 17.3 Å². The standard InChI is InChI=1S/C16H16N2O5.C3H4F2O2/c1-9(15(19)20)8-12-6-7-13(22-12)16(21)23-11-4-2-10(3-5-11)14(17)18;1-3(4,5)2(6)7/h2-7,9H,8H2,1H3,(H3,17,18)(H,19,20);1H3,(H,6,7). The summed E-state index contributed by atoms with van der Waals surface area (Å²) in [7, 11) is 0. The zero-order chi connectivity index (χ0) is 23.1. The van der Waals surface area contributed by atoms with Crippen LogP contribution in [-0.2, 0) is 16.0 Å². The fraction of sp³-hybridized carbons (Fsp3) is 0.263. The third-order valence-corrected chi connectivity index (χ3v) is 3.54. The molecule has 1 atom stereocenters. The number of furan rings is 1. The van der Waals surface area contributed by atoms with Crippen molar-refractivity contribution in [1.82, 2.24) is 0 Å². The minimum Gasteiger partial charge on any atom is -0.481 e. The number of alkyl halides is 2. The lowest BCUT2D eigenvalue weighted by Gasteiger charge is -2.04. The number of aliphatic carboxylic acids is 2. The van der Waals surface area contributed by atoms with Crippen LogP contribution < -0.4 is 10.5 Å². The van der Waals surface area contributed by atoms with Gasteiger partial charge in [-0.05, 0) is 36.4 Å². The Balaban J connectivity index is 0.000000553. The third kappa shape index (κ3) is 7.70. The van der Waals surface area contributed by atoms with Crippen molar-refractivity contribution in [3.8, 4) is 5.75 Å². The van der Waals surface area contributed by atoms with Gasteiger partial charge in [-0.1, -0.05) is 6.92 Å². The third-order valence-electron chi connectivity index (χ3n) is 3.54. The Hall–Kier alpha value is -3.76. The van der Waals surface area contributed by atoms with Crippen LogP contribution in [0.25, 0.3) is 0 Å². The zero-order valence-corrected chi connectivity index (χ0v) is 16.0. The monoisotopic (exact) mass is 426 g/mol. The number of nitrogens with one attached hydrogen (secondary N) is 1. The maximum atomic E-state index is 12.0. The van der Waals surface area contributed by atoms with Gasteiger partial charge in [-0.25, -0.2) is 9.59 Å². The first kappa shape index (κ1) is 24.3. The Labute approximate surface area is 169 Å². The summed E-state index contributed by atoms with van der Waals surface area (Å²) in [6, 6.07) is 9.15. The smallest absolute Gasteiger partial charge is 0.379 e. The number of benzene rings is 1. The highest BCUT2D eigenvalue weighted by molar-refractivity contribution is 5.95. The summed E-state index contributed by atoms with van der Waals surface area (Å²) in [5.41, 5.74) is 5.86. The SMILES string of the molecule is CC(Cc1ccc(C(=O)Oc2ccc(C(=N)N)cc2)o1)C(=O)O.CC(F)(F)C(=O)O. The number of carboxylic acids is 2. The molecule has 30 heavy (non-hydrogen) atoms. The van der Waals surface area contributed by atoms with Crippen LogP contribution in [0.5, 0.6) is 5.75 Å². The molecule has 9 nitrogen and oxygen atoms in total. The predicted molar refractivity (Wildman–Crippen MR) is 99.9 cm³/mol. The number of carboxylic acid groups (broad SMARTS) is 2. The van der Waals surface area contributed by atoms with Crippen molar-refractivity contribution in [1.29, 1.82) is 5.41 Å². The Morgan fingerprint density at radius 3 is 2.13 bits per heavy atom. The van der Waals surface area contributed by atoms with E-state index in [0.29, 0.717) is 18.2 Å². The van der Waals surface area contributed by atoms with E-state index >= 15 is 0 Å². The summed E-state index contributed by atoms with van der Waals surface area (Å²) in [6.07, 6.45) is 0.190. The Bertz CT molecular complexity index is 918. The van der Waals surface area contributed by atoms with Crippen molar-refractivity contribution in [2.75, 3.05) is 0 Å². The molecule has 0 aliphatic carbocycles. The van der Waals surface area contributed by atoms with E-state index in [9.17, 15) is 23.2 Å². The Morgan fingerprint density at radius 1 is 1.17 bits per heavy atom. The quantitative estimate of drug-likeness (QED) is 0.227. The maximum absolute atomic E-state index is 12.0. The van der Waals surface area contributed by atoms with Gasteiger partial charge in [0.15, 0.2) is 0 Å². The molecule has 11 heteroatoms. The lowest BCUT2D eigenvalue weighted by molar-refractivity contribution is -0.162. The molecule has 0 aliphatic rings. The van der Waals surface area contributed by atoms with Gasteiger partial charge >= 0.3 is 23.8 Å². The molecular weight excluding hydrogens is 406 g/mol. The average molecular weight is 426 g/mol. The lowest BCUT2D eigenvalue weighted by atomic mass is 10.1. The first-order valence-corrected chi connectivity index (χ1v) is 8.40. The van der Waals surface area contributed by atoms with Gasteiger partial charge in [0.25, 0.3) is 0 Å². The molecule has 5 N–H and O–H groups in total. The number of esters is 1. The second-order valence-corrected chi connectivity index (χ2v) is 6.23. The minimum atomic E-state index is -3.58. The summed E-state index contributed by atoms with van der Waals surface area (Å²) in [4.78, 5) is 32.0. The van der Waals surface area contributed by atoms with E-state index in [1.807, 2.05) is 0 Å². The van der Waals surface area contributed by atoms with Gasteiger partial charge in [0.2, 0.25) is 5.76 Å². The molecule has 1 unspecified atom stereocenters. The fourth-order valence-corrected chi connectivity index (χ4v) is 1.85. The van der Waals surface area contributed by atoms with Crippen LogP contribution in [0.4, 0.5) is 8.78 Å². The Morgan fingerprint density at radius 2 is 1.70 bits per heavy atom. The number of nitrogen functional groups attached to an aromatic ring is 1. The molecule has 0 saturated heterocycles. The van der Waals surface area contributed by atoms with Crippen molar-refractivity contribution in [3.05, 3.63) is 53.5 Å². The molecule has 0 amide bonds. The molecule has 0 saturated carbocycles. The van der Waals surface area contributed by atoms with Gasteiger partial charge in [0.05, 0.1) is 5.92 Å². The van der Waals surface area contributed by atoms with Crippen LogP contribution in [-0.4, -0.2) is 39.9 Å². The molecular formula is C19H20F2N2O7. The number of ether oxygens (including phenoxy) is 1. The van der Waals surface area contributed by atoms with Crippen LogP contribution in [0.15, 0.2) is 40.8 Å². The summed E-state index contributed by atoms with van der Waals surface area (Å²) >= 11 is 0. The summed E-state index contributed by atoms with van der Waals surface area (Å²) in [6.45, 7) is 1.88. The number of carbonyl (C=O) groups is 3. The predicted octanol–water partition coefficient (Wildman–Crippen LogP) is 2.77. The topological polar surface area (TPSA) is 164 Å². The maximum Gasteiger partial charge on any atom is 0.379 e. The molecule has 0 bridgehead atoms. The minimum absolute atomic E-state index is 0.00627.